The van der Waals surface area contributed by atoms with Gasteiger partial charge in [-0.15, -0.1) is 0 Å². The van der Waals surface area contributed by atoms with Gasteiger partial charge in [0.2, 0.25) is 5.91 Å². The van der Waals surface area contributed by atoms with Crippen molar-refractivity contribution < 1.29 is 19.1 Å². The Hall–Kier alpha value is -1.92. The average molecular weight is 320 g/mol. The highest BCUT2D eigenvalue weighted by atomic mass is 16.5. The predicted octanol–water partition coefficient (Wildman–Crippen LogP) is 1.42. The summed E-state index contributed by atoms with van der Waals surface area (Å²) in [5.74, 6) is -0.401. The Morgan fingerprint density at radius 1 is 1.26 bits per heavy atom. The number of piperidine rings is 1. The minimum absolute atomic E-state index is 0.0312. The van der Waals surface area contributed by atoms with Crippen molar-refractivity contribution in [1.29, 1.82) is 0 Å². The Bertz CT molecular complexity index is 544. The molecule has 1 aromatic carbocycles. The van der Waals surface area contributed by atoms with E-state index in [1.807, 2.05) is 19.1 Å². The zero-order chi connectivity index (χ0) is 16.8. The number of rotatable bonds is 5. The molecule has 23 heavy (non-hydrogen) atoms. The highest BCUT2D eigenvalue weighted by Gasteiger charge is 2.27. The van der Waals surface area contributed by atoms with Crippen LogP contribution in [0.3, 0.4) is 0 Å². The number of ether oxygens (including phenoxy) is 2. The molecule has 1 saturated heterocycles. The predicted molar refractivity (Wildman–Crippen MR) is 86.2 cm³/mol. The first kappa shape index (κ1) is 17.4. The van der Waals surface area contributed by atoms with E-state index in [1.54, 1.807) is 19.2 Å². The number of hydrogen-bond acceptors (Lipinski definition) is 5. The number of hydrogen-bond donors (Lipinski definition) is 2. The van der Waals surface area contributed by atoms with Gasteiger partial charge in [0.15, 0.2) is 0 Å². The standard InChI is InChI=1S/C17H24N2O4/c1-11(12-4-6-13(7-5-12)17(21)23-3)19-16(20)15-10-14(22-2)8-9-18-15/h4-7,11,14-15,18H,8-10H2,1-3H3,(H,19,20)/t11-,14-,15+/m0/s1. The fourth-order valence-corrected chi connectivity index (χ4v) is 2.72. The molecule has 0 radical (unpaired) electrons. The van der Waals surface area contributed by atoms with Gasteiger partial charge < -0.3 is 20.1 Å². The van der Waals surface area contributed by atoms with E-state index in [9.17, 15) is 9.59 Å². The Morgan fingerprint density at radius 3 is 2.57 bits per heavy atom. The molecule has 2 rings (SSSR count). The lowest BCUT2D eigenvalue weighted by Gasteiger charge is -2.29. The lowest BCUT2D eigenvalue weighted by atomic mass is 10.00. The van der Waals surface area contributed by atoms with Gasteiger partial charge in [0.05, 0.1) is 30.9 Å². The van der Waals surface area contributed by atoms with Crippen LogP contribution in [0.2, 0.25) is 0 Å². The van der Waals surface area contributed by atoms with E-state index in [0.717, 1.165) is 18.5 Å². The highest BCUT2D eigenvalue weighted by molar-refractivity contribution is 5.89. The molecule has 1 fully saturated rings. The topological polar surface area (TPSA) is 76.7 Å². The number of methoxy groups -OCH3 is 2. The molecule has 6 nitrogen and oxygen atoms in total. The minimum atomic E-state index is -0.370. The van der Waals surface area contributed by atoms with Crippen LogP contribution in [0.4, 0.5) is 0 Å². The van der Waals surface area contributed by atoms with Crippen LogP contribution in [-0.4, -0.2) is 44.8 Å². The summed E-state index contributed by atoms with van der Waals surface area (Å²) in [5.41, 5.74) is 1.43. The van der Waals surface area contributed by atoms with Crippen molar-refractivity contribution in [2.75, 3.05) is 20.8 Å². The van der Waals surface area contributed by atoms with Crippen LogP contribution in [0.25, 0.3) is 0 Å². The van der Waals surface area contributed by atoms with Crippen LogP contribution in [-0.2, 0) is 14.3 Å². The van der Waals surface area contributed by atoms with Gasteiger partial charge in [0.25, 0.3) is 0 Å². The summed E-state index contributed by atoms with van der Waals surface area (Å²) in [6, 6.07) is 6.67. The molecule has 2 N–H and O–H groups in total. The molecule has 1 aliphatic heterocycles. The quantitative estimate of drug-likeness (QED) is 0.802. The van der Waals surface area contributed by atoms with Crippen molar-refractivity contribution >= 4 is 11.9 Å². The summed E-state index contributed by atoms with van der Waals surface area (Å²) < 4.78 is 10.0. The first-order valence-electron chi connectivity index (χ1n) is 7.80. The number of carbonyl (C=O) groups excluding carboxylic acids is 2. The first-order chi connectivity index (χ1) is 11.0. The van der Waals surface area contributed by atoms with Crippen LogP contribution in [0.15, 0.2) is 24.3 Å². The third kappa shape index (κ3) is 4.53. The molecule has 6 heteroatoms. The summed E-state index contributed by atoms with van der Waals surface area (Å²) >= 11 is 0. The summed E-state index contributed by atoms with van der Waals surface area (Å²) in [6.45, 7) is 2.69. The first-order valence-corrected chi connectivity index (χ1v) is 7.80. The van der Waals surface area contributed by atoms with Gasteiger partial charge in [-0.05, 0) is 44.0 Å². The number of nitrogens with one attached hydrogen (secondary N) is 2. The summed E-state index contributed by atoms with van der Waals surface area (Å²) in [5, 5.41) is 6.22. The van der Waals surface area contributed by atoms with E-state index in [0.29, 0.717) is 12.0 Å². The van der Waals surface area contributed by atoms with Gasteiger partial charge in [0, 0.05) is 7.11 Å². The summed E-state index contributed by atoms with van der Waals surface area (Å²) in [4.78, 5) is 23.8. The van der Waals surface area contributed by atoms with E-state index in [2.05, 4.69) is 15.4 Å². The van der Waals surface area contributed by atoms with E-state index in [-0.39, 0.29) is 30.1 Å². The monoisotopic (exact) mass is 320 g/mol. The molecule has 1 aliphatic rings. The van der Waals surface area contributed by atoms with Crippen LogP contribution in [0.1, 0.15) is 41.7 Å². The average Bonchev–Trinajstić information content (AvgIpc) is 2.61. The summed E-state index contributed by atoms with van der Waals surface area (Å²) in [7, 11) is 3.03. The van der Waals surface area contributed by atoms with Crippen molar-refractivity contribution in [3.05, 3.63) is 35.4 Å². The maximum absolute atomic E-state index is 12.4. The molecule has 0 bridgehead atoms. The van der Waals surface area contributed by atoms with E-state index < -0.39 is 0 Å². The molecule has 1 heterocycles. The molecule has 1 amide bonds. The second-order valence-corrected chi connectivity index (χ2v) is 5.73. The maximum Gasteiger partial charge on any atom is 0.337 e. The zero-order valence-electron chi connectivity index (χ0n) is 13.8. The molecular weight excluding hydrogens is 296 g/mol. The number of amides is 1. The summed E-state index contributed by atoms with van der Waals surface area (Å²) in [6.07, 6.45) is 1.72. The van der Waals surface area contributed by atoms with Crippen molar-refractivity contribution in [2.24, 2.45) is 0 Å². The lowest BCUT2D eigenvalue weighted by molar-refractivity contribution is -0.125. The van der Waals surface area contributed by atoms with Crippen LogP contribution in [0, 0.1) is 0 Å². The SMILES string of the molecule is COC(=O)c1ccc([C@H](C)NC(=O)[C@H]2C[C@@H](OC)CCN2)cc1. The molecule has 3 atom stereocenters. The van der Waals surface area contributed by atoms with E-state index >= 15 is 0 Å². The molecule has 0 saturated carbocycles. The largest absolute Gasteiger partial charge is 0.465 e. The Morgan fingerprint density at radius 2 is 1.96 bits per heavy atom. The number of carbonyl (C=O) groups is 2. The molecule has 0 aliphatic carbocycles. The maximum atomic E-state index is 12.4. The molecule has 126 valence electrons. The van der Waals surface area contributed by atoms with Gasteiger partial charge in [-0.25, -0.2) is 4.79 Å². The molecule has 0 aromatic heterocycles. The van der Waals surface area contributed by atoms with Gasteiger partial charge in [-0.2, -0.15) is 0 Å². The number of benzene rings is 1. The van der Waals surface area contributed by atoms with Crippen molar-refractivity contribution in [3.8, 4) is 0 Å². The molecular formula is C17H24N2O4. The van der Waals surface area contributed by atoms with E-state index in [1.165, 1.54) is 7.11 Å². The Kier molecular flexibility index (Phi) is 6.12. The third-order valence-electron chi connectivity index (χ3n) is 4.20. The normalized spacial score (nSPS) is 22.2. The second kappa shape index (κ2) is 8.08. The lowest BCUT2D eigenvalue weighted by Crippen LogP contribution is -2.50. The molecule has 0 unspecified atom stereocenters. The Balaban J connectivity index is 1.94. The van der Waals surface area contributed by atoms with Crippen LogP contribution < -0.4 is 10.6 Å². The number of esters is 1. The minimum Gasteiger partial charge on any atom is -0.465 e. The second-order valence-electron chi connectivity index (χ2n) is 5.73. The Labute approximate surface area is 136 Å². The van der Waals surface area contributed by atoms with Gasteiger partial charge in [-0.3, -0.25) is 4.79 Å². The fraction of sp³-hybridized carbons (Fsp3) is 0.529. The van der Waals surface area contributed by atoms with Crippen molar-refractivity contribution in [3.63, 3.8) is 0 Å². The zero-order valence-corrected chi connectivity index (χ0v) is 13.8. The van der Waals surface area contributed by atoms with Crippen molar-refractivity contribution in [2.45, 2.75) is 38.0 Å². The third-order valence-corrected chi connectivity index (χ3v) is 4.20. The molecule has 0 spiro atoms. The highest BCUT2D eigenvalue weighted by Crippen LogP contribution is 2.16. The smallest absolute Gasteiger partial charge is 0.337 e. The van der Waals surface area contributed by atoms with Crippen LogP contribution >= 0.6 is 0 Å². The van der Waals surface area contributed by atoms with E-state index in [4.69, 9.17) is 4.74 Å². The van der Waals surface area contributed by atoms with Crippen molar-refractivity contribution in [1.82, 2.24) is 10.6 Å². The van der Waals surface area contributed by atoms with Gasteiger partial charge >= 0.3 is 5.97 Å². The van der Waals surface area contributed by atoms with Crippen LogP contribution in [0.5, 0.6) is 0 Å². The van der Waals surface area contributed by atoms with Gasteiger partial charge in [-0.1, -0.05) is 12.1 Å². The fourth-order valence-electron chi connectivity index (χ4n) is 2.72. The van der Waals surface area contributed by atoms with Gasteiger partial charge in [0.1, 0.15) is 0 Å². The molecule has 1 aromatic rings.